The minimum atomic E-state index is -0.509. The maximum absolute atomic E-state index is 12.3. The summed E-state index contributed by atoms with van der Waals surface area (Å²) in [5.41, 5.74) is 1.43. The van der Waals surface area contributed by atoms with Gasteiger partial charge < -0.3 is 14.0 Å². The molecule has 3 rings (SSSR count). The third-order valence-corrected chi connectivity index (χ3v) is 4.14. The van der Waals surface area contributed by atoms with Crippen LogP contribution in [0.2, 0.25) is 0 Å². The number of nitrogens with zero attached hydrogens (tertiary/aromatic N) is 3. The lowest BCUT2D eigenvalue weighted by Crippen LogP contribution is -2.33. The Morgan fingerprint density at radius 1 is 1.33 bits per heavy atom. The molecule has 0 saturated heterocycles. The fourth-order valence-corrected chi connectivity index (χ4v) is 2.99. The van der Waals surface area contributed by atoms with Crippen LogP contribution >= 0.6 is 15.9 Å². The second kappa shape index (κ2) is 6.09. The van der Waals surface area contributed by atoms with Crippen molar-refractivity contribution in [3.05, 3.63) is 46.8 Å². The van der Waals surface area contributed by atoms with Gasteiger partial charge in [0.05, 0.1) is 6.54 Å². The lowest BCUT2D eigenvalue weighted by Gasteiger charge is -2.25. The molecule has 0 unspecified atom stereocenters. The number of hydrogen-bond donors (Lipinski definition) is 0. The third-order valence-electron chi connectivity index (χ3n) is 3.64. The fourth-order valence-electron chi connectivity index (χ4n) is 2.63. The molecule has 0 aliphatic carbocycles. The standard InChI is InChI=1S/C18H20BrN3O2/c1-18(2,3)24-17(23)21(4)10-12-11-22-8-7-20-16(22)14-6-5-13(19)9-15(12)14/h5-9,11H,10H2,1-4H3. The Bertz CT molecular complexity index is 912. The zero-order valence-corrected chi connectivity index (χ0v) is 15.8. The molecule has 0 radical (unpaired) electrons. The van der Waals surface area contributed by atoms with E-state index in [4.69, 9.17) is 4.74 Å². The van der Waals surface area contributed by atoms with Crippen molar-refractivity contribution in [2.24, 2.45) is 0 Å². The van der Waals surface area contributed by atoms with Gasteiger partial charge in [-0.25, -0.2) is 9.78 Å². The van der Waals surface area contributed by atoms with Crippen LogP contribution in [-0.2, 0) is 11.3 Å². The topological polar surface area (TPSA) is 46.8 Å². The van der Waals surface area contributed by atoms with Crippen molar-refractivity contribution in [1.82, 2.24) is 14.3 Å². The van der Waals surface area contributed by atoms with Gasteiger partial charge in [-0.15, -0.1) is 0 Å². The maximum atomic E-state index is 12.3. The first kappa shape index (κ1) is 16.8. The lowest BCUT2D eigenvalue weighted by molar-refractivity contribution is 0.0285. The van der Waals surface area contributed by atoms with Crippen LogP contribution in [0.1, 0.15) is 26.3 Å². The van der Waals surface area contributed by atoms with Crippen LogP contribution in [0.15, 0.2) is 41.3 Å². The Morgan fingerprint density at radius 3 is 2.79 bits per heavy atom. The normalized spacial score (nSPS) is 11.9. The Labute approximate surface area is 149 Å². The number of halogens is 1. The van der Waals surface area contributed by atoms with Crippen LogP contribution in [0.25, 0.3) is 16.4 Å². The van der Waals surface area contributed by atoms with Gasteiger partial charge in [0.1, 0.15) is 11.2 Å². The number of carbonyl (C=O) groups excluding carboxylic acids is 1. The predicted molar refractivity (Wildman–Crippen MR) is 98.1 cm³/mol. The van der Waals surface area contributed by atoms with Gasteiger partial charge in [0.15, 0.2) is 0 Å². The highest BCUT2D eigenvalue weighted by Gasteiger charge is 2.20. The van der Waals surface area contributed by atoms with Gasteiger partial charge in [0.2, 0.25) is 0 Å². The Kier molecular flexibility index (Phi) is 4.25. The molecule has 1 amide bonds. The highest BCUT2D eigenvalue weighted by molar-refractivity contribution is 9.10. The van der Waals surface area contributed by atoms with E-state index in [0.717, 1.165) is 26.5 Å². The van der Waals surface area contributed by atoms with Crippen molar-refractivity contribution in [3.63, 3.8) is 0 Å². The number of imidazole rings is 1. The molecular weight excluding hydrogens is 370 g/mol. The van der Waals surface area contributed by atoms with E-state index >= 15 is 0 Å². The molecule has 0 aliphatic heterocycles. The van der Waals surface area contributed by atoms with Crippen molar-refractivity contribution in [1.29, 1.82) is 0 Å². The molecule has 0 bridgehead atoms. The van der Waals surface area contributed by atoms with Gasteiger partial charge in [0, 0.05) is 35.5 Å². The number of aromatic nitrogens is 2. The summed E-state index contributed by atoms with van der Waals surface area (Å²) in [6.45, 7) is 6.05. The molecule has 2 heterocycles. The van der Waals surface area contributed by atoms with E-state index in [1.807, 2.05) is 49.7 Å². The number of rotatable bonds is 2. The number of benzene rings is 1. The van der Waals surface area contributed by atoms with E-state index in [9.17, 15) is 4.79 Å². The number of fused-ring (bicyclic) bond motifs is 3. The number of carbonyl (C=O) groups is 1. The van der Waals surface area contributed by atoms with Gasteiger partial charge in [-0.2, -0.15) is 0 Å². The Hall–Kier alpha value is -2.08. The SMILES string of the molecule is CN(Cc1cn2ccnc2c2ccc(Br)cc12)C(=O)OC(C)(C)C. The molecule has 0 spiro atoms. The average Bonchev–Trinajstić information content (AvgIpc) is 2.93. The summed E-state index contributed by atoms with van der Waals surface area (Å²) in [6, 6.07) is 6.10. The van der Waals surface area contributed by atoms with Crippen LogP contribution < -0.4 is 0 Å². The highest BCUT2D eigenvalue weighted by atomic mass is 79.9. The van der Waals surface area contributed by atoms with Crippen LogP contribution in [-0.4, -0.2) is 33.0 Å². The van der Waals surface area contributed by atoms with E-state index in [-0.39, 0.29) is 6.09 Å². The van der Waals surface area contributed by atoms with Crippen molar-refractivity contribution in [3.8, 4) is 0 Å². The summed E-state index contributed by atoms with van der Waals surface area (Å²) < 4.78 is 8.41. The Morgan fingerprint density at radius 2 is 2.08 bits per heavy atom. The van der Waals surface area contributed by atoms with Crippen LogP contribution in [0.4, 0.5) is 4.79 Å². The average molecular weight is 390 g/mol. The maximum Gasteiger partial charge on any atom is 0.410 e. The van der Waals surface area contributed by atoms with Crippen molar-refractivity contribution in [2.75, 3.05) is 7.05 Å². The molecular formula is C18H20BrN3O2. The van der Waals surface area contributed by atoms with E-state index in [0.29, 0.717) is 6.54 Å². The summed E-state index contributed by atoms with van der Waals surface area (Å²) in [6.07, 6.45) is 5.36. The molecule has 0 N–H and O–H groups in total. The summed E-state index contributed by atoms with van der Waals surface area (Å²) in [4.78, 5) is 18.3. The summed E-state index contributed by atoms with van der Waals surface area (Å²) in [5.74, 6) is 0. The first-order valence-corrected chi connectivity index (χ1v) is 8.52. The monoisotopic (exact) mass is 389 g/mol. The van der Waals surface area contributed by atoms with Gasteiger partial charge in [-0.05, 0) is 49.9 Å². The lowest BCUT2D eigenvalue weighted by atomic mass is 10.1. The second-order valence-electron chi connectivity index (χ2n) is 6.84. The summed E-state index contributed by atoms with van der Waals surface area (Å²) >= 11 is 3.52. The number of pyridine rings is 1. The number of hydrogen-bond acceptors (Lipinski definition) is 3. The molecule has 3 aromatic rings. The first-order chi connectivity index (χ1) is 11.2. The quantitative estimate of drug-likeness (QED) is 0.642. The minimum Gasteiger partial charge on any atom is -0.444 e. The van der Waals surface area contributed by atoms with Crippen molar-refractivity contribution >= 4 is 38.4 Å². The fraction of sp³-hybridized carbons (Fsp3) is 0.333. The van der Waals surface area contributed by atoms with Crippen LogP contribution in [0.3, 0.4) is 0 Å². The molecule has 0 atom stereocenters. The zero-order chi connectivity index (χ0) is 17.5. The third kappa shape index (κ3) is 3.38. The smallest absolute Gasteiger partial charge is 0.410 e. The van der Waals surface area contributed by atoms with Gasteiger partial charge >= 0.3 is 6.09 Å². The van der Waals surface area contributed by atoms with E-state index in [1.165, 1.54) is 0 Å². The van der Waals surface area contributed by atoms with Crippen LogP contribution in [0.5, 0.6) is 0 Å². The largest absolute Gasteiger partial charge is 0.444 e. The van der Waals surface area contributed by atoms with Crippen LogP contribution in [0, 0.1) is 0 Å². The zero-order valence-electron chi connectivity index (χ0n) is 14.2. The van der Waals surface area contributed by atoms with Gasteiger partial charge in [0.25, 0.3) is 0 Å². The molecule has 5 nitrogen and oxygen atoms in total. The van der Waals surface area contributed by atoms with Crippen molar-refractivity contribution < 1.29 is 9.53 Å². The Balaban J connectivity index is 2.01. The summed E-state index contributed by atoms with van der Waals surface area (Å²) in [5, 5.41) is 2.12. The molecule has 0 saturated carbocycles. The molecule has 24 heavy (non-hydrogen) atoms. The molecule has 0 fully saturated rings. The van der Waals surface area contributed by atoms with E-state index < -0.39 is 5.60 Å². The molecule has 6 heteroatoms. The number of ether oxygens (including phenoxy) is 1. The van der Waals surface area contributed by atoms with E-state index in [1.54, 1.807) is 18.1 Å². The summed E-state index contributed by atoms with van der Waals surface area (Å²) in [7, 11) is 1.75. The van der Waals surface area contributed by atoms with E-state index in [2.05, 4.69) is 27.0 Å². The van der Waals surface area contributed by atoms with Gasteiger partial charge in [-0.1, -0.05) is 15.9 Å². The molecule has 2 aromatic heterocycles. The van der Waals surface area contributed by atoms with Crippen molar-refractivity contribution in [2.45, 2.75) is 32.9 Å². The first-order valence-electron chi connectivity index (χ1n) is 7.72. The predicted octanol–water partition coefficient (Wildman–Crippen LogP) is 4.62. The minimum absolute atomic E-state index is 0.337. The second-order valence-corrected chi connectivity index (χ2v) is 7.75. The van der Waals surface area contributed by atoms with Gasteiger partial charge in [-0.3, -0.25) is 0 Å². The molecule has 1 aromatic carbocycles. The molecule has 126 valence electrons. The highest BCUT2D eigenvalue weighted by Crippen LogP contribution is 2.27. The number of amides is 1. The molecule has 0 aliphatic rings.